The predicted octanol–water partition coefficient (Wildman–Crippen LogP) is 2.31. The van der Waals surface area contributed by atoms with Gasteiger partial charge in [0.1, 0.15) is 23.7 Å². The van der Waals surface area contributed by atoms with E-state index >= 15 is 0 Å². The van der Waals surface area contributed by atoms with Gasteiger partial charge in [0.2, 0.25) is 11.8 Å². The number of methoxy groups -OCH3 is 2. The van der Waals surface area contributed by atoms with E-state index < -0.39 is 24.7 Å². The first-order valence-corrected chi connectivity index (χ1v) is 9.82. The van der Waals surface area contributed by atoms with Crippen molar-refractivity contribution in [2.45, 2.75) is 37.5 Å². The van der Waals surface area contributed by atoms with Gasteiger partial charge in [-0.05, 0) is 24.3 Å². The Morgan fingerprint density at radius 2 is 1.20 bits per heavy atom. The Balaban J connectivity index is 1.42. The molecule has 4 atom stereocenters. The second-order valence-corrected chi connectivity index (χ2v) is 7.47. The zero-order valence-corrected chi connectivity index (χ0v) is 16.7. The molecule has 0 aliphatic carbocycles. The van der Waals surface area contributed by atoms with Crippen molar-refractivity contribution in [3.63, 3.8) is 0 Å². The maximum atomic E-state index is 12.8. The summed E-state index contributed by atoms with van der Waals surface area (Å²) >= 11 is 0. The lowest BCUT2D eigenvalue weighted by Crippen LogP contribution is -2.54. The van der Waals surface area contributed by atoms with E-state index in [-0.39, 0.29) is 24.7 Å². The van der Waals surface area contributed by atoms with Crippen LogP contribution in [0.2, 0.25) is 0 Å². The number of fused-ring (bicyclic) bond motifs is 2. The first kappa shape index (κ1) is 18.9. The minimum absolute atomic E-state index is 0.0857. The van der Waals surface area contributed by atoms with E-state index in [0.717, 1.165) is 0 Å². The van der Waals surface area contributed by atoms with Crippen molar-refractivity contribution in [2.75, 3.05) is 24.0 Å². The zero-order chi connectivity index (χ0) is 20.8. The summed E-state index contributed by atoms with van der Waals surface area (Å²) in [6.45, 7) is 0. The smallest absolute Gasteiger partial charge is 0.231 e. The van der Waals surface area contributed by atoms with Crippen molar-refractivity contribution in [1.82, 2.24) is 0 Å². The fourth-order valence-corrected chi connectivity index (χ4v) is 4.35. The quantitative estimate of drug-likeness (QED) is 0.770. The maximum absolute atomic E-state index is 12.8. The lowest BCUT2D eigenvalue weighted by atomic mass is 10.2. The van der Waals surface area contributed by atoms with Crippen LogP contribution in [-0.4, -0.2) is 50.7 Å². The Bertz CT molecular complexity index is 916. The maximum Gasteiger partial charge on any atom is 0.231 e. The molecule has 2 amide bonds. The SMILES string of the molecule is COc1cccc(N2C(=O)C[C@H]3O[C@@H]4[C@@H](CC(=O)N4c4cccc(OC)c4)O[C@H]32)c1. The molecule has 0 unspecified atom stereocenters. The fraction of sp³-hybridized carbons (Fsp3) is 0.364. The Hall–Kier alpha value is -3.10. The Morgan fingerprint density at radius 1 is 0.767 bits per heavy atom. The number of hydrogen-bond donors (Lipinski definition) is 0. The van der Waals surface area contributed by atoms with Crippen LogP contribution >= 0.6 is 0 Å². The largest absolute Gasteiger partial charge is 0.497 e. The molecule has 0 saturated carbocycles. The number of nitrogens with zero attached hydrogens (tertiary/aromatic N) is 2. The molecule has 2 aromatic rings. The first-order chi connectivity index (χ1) is 14.6. The van der Waals surface area contributed by atoms with Crippen molar-refractivity contribution >= 4 is 23.2 Å². The van der Waals surface area contributed by atoms with Crippen LogP contribution in [0.5, 0.6) is 11.5 Å². The number of anilines is 2. The summed E-state index contributed by atoms with van der Waals surface area (Å²) in [6.07, 6.45) is -1.73. The summed E-state index contributed by atoms with van der Waals surface area (Å²) in [7, 11) is 3.16. The third-order valence-corrected chi connectivity index (χ3v) is 5.73. The van der Waals surface area contributed by atoms with Crippen molar-refractivity contribution in [3.05, 3.63) is 48.5 Å². The van der Waals surface area contributed by atoms with Crippen LogP contribution in [0, 0.1) is 0 Å². The van der Waals surface area contributed by atoms with Crippen molar-refractivity contribution in [1.29, 1.82) is 0 Å². The molecule has 0 bridgehead atoms. The average Bonchev–Trinajstić information content (AvgIpc) is 3.26. The molecule has 30 heavy (non-hydrogen) atoms. The highest BCUT2D eigenvalue weighted by atomic mass is 16.6. The minimum Gasteiger partial charge on any atom is -0.497 e. The molecule has 3 fully saturated rings. The fourth-order valence-electron chi connectivity index (χ4n) is 4.35. The first-order valence-electron chi connectivity index (χ1n) is 9.82. The van der Waals surface area contributed by atoms with Gasteiger partial charge in [0.05, 0.1) is 38.4 Å². The predicted molar refractivity (Wildman–Crippen MR) is 108 cm³/mol. The second kappa shape index (κ2) is 7.30. The van der Waals surface area contributed by atoms with Gasteiger partial charge >= 0.3 is 0 Å². The van der Waals surface area contributed by atoms with E-state index in [4.69, 9.17) is 18.9 Å². The monoisotopic (exact) mass is 410 g/mol. The standard InChI is InChI=1S/C22H22N2O6/c1-27-15-7-3-5-13(9-15)23-19(25)11-17-21(23)29-18-12-20(26)24(22(18)30-17)14-6-4-8-16(10-14)28-2/h3-10,17-18,21-22H,11-12H2,1-2H3/t17-,18-,21-,22-/m1/s1. The Labute approximate surface area is 173 Å². The number of hydrogen-bond acceptors (Lipinski definition) is 6. The molecule has 8 heteroatoms. The highest BCUT2D eigenvalue weighted by molar-refractivity contribution is 5.98. The summed E-state index contributed by atoms with van der Waals surface area (Å²) < 4.78 is 23.1. The second-order valence-electron chi connectivity index (χ2n) is 7.47. The summed E-state index contributed by atoms with van der Waals surface area (Å²) in [5.74, 6) is 1.13. The molecule has 0 spiro atoms. The van der Waals surface area contributed by atoms with Gasteiger partial charge in [-0.1, -0.05) is 12.1 Å². The van der Waals surface area contributed by atoms with Crippen molar-refractivity contribution in [2.24, 2.45) is 0 Å². The molecule has 3 aliphatic rings. The summed E-state index contributed by atoms with van der Waals surface area (Å²) in [5.41, 5.74) is 1.37. The topological polar surface area (TPSA) is 77.5 Å². The van der Waals surface area contributed by atoms with Crippen LogP contribution in [0.4, 0.5) is 11.4 Å². The molecular formula is C22H22N2O6. The number of benzene rings is 2. The van der Waals surface area contributed by atoms with Gasteiger partial charge in [0.15, 0.2) is 12.5 Å². The van der Waals surface area contributed by atoms with E-state index in [2.05, 4.69) is 0 Å². The van der Waals surface area contributed by atoms with E-state index in [0.29, 0.717) is 22.9 Å². The number of carbonyl (C=O) groups excluding carboxylic acids is 2. The van der Waals surface area contributed by atoms with Crippen molar-refractivity contribution in [3.8, 4) is 11.5 Å². The lowest BCUT2D eigenvalue weighted by molar-refractivity contribution is -0.195. The molecule has 0 radical (unpaired) electrons. The van der Waals surface area contributed by atoms with Crippen LogP contribution < -0.4 is 19.3 Å². The molecule has 156 valence electrons. The molecule has 5 rings (SSSR count). The normalized spacial score (nSPS) is 27.8. The zero-order valence-electron chi connectivity index (χ0n) is 16.7. The van der Waals surface area contributed by atoms with Gasteiger partial charge < -0.3 is 18.9 Å². The van der Waals surface area contributed by atoms with Gasteiger partial charge in [-0.15, -0.1) is 0 Å². The number of rotatable bonds is 4. The molecule has 2 aromatic carbocycles. The van der Waals surface area contributed by atoms with Crippen LogP contribution in [-0.2, 0) is 19.1 Å². The van der Waals surface area contributed by atoms with Gasteiger partial charge in [-0.25, -0.2) is 0 Å². The molecule has 3 saturated heterocycles. The summed E-state index contributed by atoms with van der Waals surface area (Å²) in [5, 5.41) is 0. The highest BCUT2D eigenvalue weighted by Gasteiger charge is 2.55. The van der Waals surface area contributed by atoms with Crippen LogP contribution in [0.25, 0.3) is 0 Å². The summed E-state index contributed by atoms with van der Waals surface area (Å²) in [6, 6.07) is 14.5. The third-order valence-electron chi connectivity index (χ3n) is 5.73. The van der Waals surface area contributed by atoms with Gasteiger partial charge in [-0.2, -0.15) is 0 Å². The van der Waals surface area contributed by atoms with Gasteiger partial charge in [0.25, 0.3) is 0 Å². The van der Waals surface area contributed by atoms with Gasteiger partial charge in [-0.3, -0.25) is 19.4 Å². The molecule has 8 nitrogen and oxygen atoms in total. The van der Waals surface area contributed by atoms with E-state index in [9.17, 15) is 9.59 Å². The molecule has 0 aromatic heterocycles. The molecule has 3 heterocycles. The molecule has 0 N–H and O–H groups in total. The molecular weight excluding hydrogens is 388 g/mol. The van der Waals surface area contributed by atoms with Crippen LogP contribution in [0.1, 0.15) is 12.8 Å². The molecule has 3 aliphatic heterocycles. The Morgan fingerprint density at radius 3 is 1.60 bits per heavy atom. The van der Waals surface area contributed by atoms with Gasteiger partial charge in [0, 0.05) is 12.1 Å². The van der Waals surface area contributed by atoms with E-state index in [1.807, 2.05) is 36.4 Å². The van der Waals surface area contributed by atoms with E-state index in [1.165, 1.54) is 0 Å². The van der Waals surface area contributed by atoms with Crippen LogP contribution in [0.15, 0.2) is 48.5 Å². The number of carbonyl (C=O) groups is 2. The van der Waals surface area contributed by atoms with E-state index in [1.54, 1.807) is 36.2 Å². The average molecular weight is 410 g/mol. The highest BCUT2D eigenvalue weighted by Crippen LogP contribution is 2.41. The number of ether oxygens (including phenoxy) is 4. The minimum atomic E-state index is -0.580. The van der Waals surface area contributed by atoms with Crippen LogP contribution in [0.3, 0.4) is 0 Å². The third kappa shape index (κ3) is 3.00. The van der Waals surface area contributed by atoms with Crippen molar-refractivity contribution < 1.29 is 28.5 Å². The number of amides is 2. The summed E-state index contributed by atoms with van der Waals surface area (Å²) in [4.78, 5) is 28.8. The lowest BCUT2D eigenvalue weighted by Gasteiger charge is -2.40. The Kier molecular flexibility index (Phi) is 4.60.